The van der Waals surface area contributed by atoms with Gasteiger partial charge in [0.25, 0.3) is 0 Å². The monoisotopic (exact) mass is 236 g/mol. The first-order chi connectivity index (χ1) is 8.17. The molecule has 2 rings (SSSR count). The van der Waals surface area contributed by atoms with Gasteiger partial charge in [-0.3, -0.25) is 0 Å². The third-order valence-electron chi connectivity index (χ3n) is 3.74. The van der Waals surface area contributed by atoms with Gasteiger partial charge in [-0.25, -0.2) is 4.68 Å². The molecule has 1 saturated heterocycles. The van der Waals surface area contributed by atoms with Gasteiger partial charge >= 0.3 is 0 Å². The lowest BCUT2D eigenvalue weighted by molar-refractivity contribution is 0.562. The van der Waals surface area contributed by atoms with Crippen molar-refractivity contribution in [3.05, 3.63) is 5.69 Å². The number of hydrogen-bond acceptors (Lipinski definition) is 3. The third-order valence-corrected chi connectivity index (χ3v) is 3.74. The van der Waals surface area contributed by atoms with Crippen molar-refractivity contribution in [1.29, 1.82) is 0 Å². The Morgan fingerprint density at radius 3 is 2.76 bits per heavy atom. The zero-order chi connectivity index (χ0) is 12.4. The fraction of sp³-hybridized carbons (Fsp3) is 0.769. The fourth-order valence-corrected chi connectivity index (χ4v) is 2.64. The number of rotatable bonds is 4. The topological polar surface area (TPSA) is 47.1 Å². The van der Waals surface area contributed by atoms with Crippen LogP contribution in [-0.2, 0) is 6.54 Å². The predicted molar refractivity (Wildman–Crippen MR) is 72.3 cm³/mol. The number of hydrogen-bond donors (Lipinski definition) is 1. The van der Waals surface area contributed by atoms with Crippen LogP contribution in [0.1, 0.15) is 38.8 Å². The lowest BCUT2D eigenvalue weighted by atomic mass is 10.1. The molecule has 4 heteroatoms. The van der Waals surface area contributed by atoms with Crippen LogP contribution < -0.4 is 10.6 Å². The van der Waals surface area contributed by atoms with Crippen LogP contribution in [-0.4, -0.2) is 22.9 Å². The van der Waals surface area contributed by atoms with Crippen LogP contribution in [0.25, 0.3) is 0 Å². The standard InChI is InChI=1S/C13H24N4/c1-4-7-17-13(12(14)10(3)15-17)16-8-6-11(5-2)9-16/h11H,4-9,14H2,1-3H3. The van der Waals surface area contributed by atoms with Crippen molar-refractivity contribution in [1.82, 2.24) is 9.78 Å². The lowest BCUT2D eigenvalue weighted by Gasteiger charge is -2.20. The highest BCUT2D eigenvalue weighted by atomic mass is 15.4. The molecule has 2 N–H and O–H groups in total. The minimum absolute atomic E-state index is 0.819. The molecule has 4 nitrogen and oxygen atoms in total. The van der Waals surface area contributed by atoms with Gasteiger partial charge in [0.15, 0.2) is 5.82 Å². The van der Waals surface area contributed by atoms with Crippen LogP contribution in [0.2, 0.25) is 0 Å². The molecule has 0 spiro atoms. The van der Waals surface area contributed by atoms with Crippen molar-refractivity contribution in [3.63, 3.8) is 0 Å². The second kappa shape index (κ2) is 4.98. The number of nitrogens with zero attached hydrogens (tertiary/aromatic N) is 3. The van der Waals surface area contributed by atoms with E-state index in [1.165, 1.54) is 12.8 Å². The van der Waals surface area contributed by atoms with Crippen LogP contribution >= 0.6 is 0 Å². The molecular formula is C13H24N4. The van der Waals surface area contributed by atoms with Crippen molar-refractivity contribution in [2.45, 2.75) is 46.6 Å². The summed E-state index contributed by atoms with van der Waals surface area (Å²) in [5.41, 5.74) is 8.01. The number of aryl methyl sites for hydroxylation is 2. The lowest BCUT2D eigenvalue weighted by Crippen LogP contribution is -2.24. The van der Waals surface area contributed by atoms with Crippen molar-refractivity contribution >= 4 is 11.5 Å². The molecule has 2 heterocycles. The summed E-state index contributed by atoms with van der Waals surface area (Å²) in [7, 11) is 0. The highest BCUT2D eigenvalue weighted by molar-refractivity contribution is 5.66. The molecule has 96 valence electrons. The Kier molecular flexibility index (Phi) is 3.60. The molecule has 1 fully saturated rings. The van der Waals surface area contributed by atoms with E-state index < -0.39 is 0 Å². The summed E-state index contributed by atoms with van der Waals surface area (Å²) in [6.45, 7) is 9.66. The molecule has 0 aliphatic carbocycles. The van der Waals surface area contributed by atoms with E-state index in [0.29, 0.717) is 0 Å². The maximum absolute atomic E-state index is 6.18. The van der Waals surface area contributed by atoms with Gasteiger partial charge in [0.05, 0.1) is 11.4 Å². The first-order valence-electron chi connectivity index (χ1n) is 6.75. The van der Waals surface area contributed by atoms with E-state index in [2.05, 4.69) is 28.5 Å². The van der Waals surface area contributed by atoms with Gasteiger partial charge in [0.1, 0.15) is 0 Å². The van der Waals surface area contributed by atoms with E-state index >= 15 is 0 Å². The van der Waals surface area contributed by atoms with Crippen LogP contribution in [0.3, 0.4) is 0 Å². The van der Waals surface area contributed by atoms with Gasteiger partial charge in [0.2, 0.25) is 0 Å². The van der Waals surface area contributed by atoms with E-state index in [0.717, 1.165) is 49.2 Å². The van der Waals surface area contributed by atoms with Crippen LogP contribution in [0, 0.1) is 12.8 Å². The van der Waals surface area contributed by atoms with Gasteiger partial charge in [-0.1, -0.05) is 20.3 Å². The van der Waals surface area contributed by atoms with E-state index in [4.69, 9.17) is 5.73 Å². The van der Waals surface area contributed by atoms with Gasteiger partial charge in [-0.05, 0) is 25.7 Å². The van der Waals surface area contributed by atoms with E-state index in [1.54, 1.807) is 0 Å². The number of aromatic nitrogens is 2. The normalized spacial score (nSPS) is 20.2. The largest absolute Gasteiger partial charge is 0.394 e. The van der Waals surface area contributed by atoms with Crippen molar-refractivity contribution in [3.8, 4) is 0 Å². The molecular weight excluding hydrogens is 212 g/mol. The molecule has 17 heavy (non-hydrogen) atoms. The summed E-state index contributed by atoms with van der Waals surface area (Å²) in [5, 5.41) is 4.55. The average molecular weight is 236 g/mol. The smallest absolute Gasteiger partial charge is 0.150 e. The Hall–Kier alpha value is -1.19. The van der Waals surface area contributed by atoms with Gasteiger partial charge in [0, 0.05) is 19.6 Å². The molecule has 1 aromatic rings. The summed E-state index contributed by atoms with van der Waals surface area (Å²) in [6.07, 6.45) is 3.64. The molecule has 0 bridgehead atoms. The van der Waals surface area contributed by atoms with E-state index in [-0.39, 0.29) is 0 Å². The molecule has 1 aliphatic heterocycles. The number of anilines is 2. The maximum atomic E-state index is 6.18. The van der Waals surface area contributed by atoms with E-state index in [9.17, 15) is 0 Å². The number of nitrogens with two attached hydrogens (primary N) is 1. The summed E-state index contributed by atoms with van der Waals surface area (Å²) in [6, 6.07) is 0. The molecule has 1 atom stereocenters. The van der Waals surface area contributed by atoms with Gasteiger partial charge in [-0.2, -0.15) is 5.10 Å². The maximum Gasteiger partial charge on any atom is 0.150 e. The molecule has 1 aromatic heterocycles. The van der Waals surface area contributed by atoms with Crippen molar-refractivity contribution < 1.29 is 0 Å². The van der Waals surface area contributed by atoms with Crippen LogP contribution in [0.15, 0.2) is 0 Å². The summed E-state index contributed by atoms with van der Waals surface area (Å²) in [5.74, 6) is 1.97. The fourth-order valence-electron chi connectivity index (χ4n) is 2.64. The molecule has 0 radical (unpaired) electrons. The summed E-state index contributed by atoms with van der Waals surface area (Å²) >= 11 is 0. The highest BCUT2D eigenvalue weighted by Crippen LogP contribution is 2.32. The van der Waals surface area contributed by atoms with Crippen molar-refractivity contribution in [2.75, 3.05) is 23.7 Å². The average Bonchev–Trinajstić information content (AvgIpc) is 2.86. The van der Waals surface area contributed by atoms with E-state index in [1.807, 2.05) is 6.92 Å². The SMILES string of the molecule is CCCn1nc(C)c(N)c1N1CCC(CC)C1. The molecule has 0 aromatic carbocycles. The Labute approximate surface area is 104 Å². The zero-order valence-electron chi connectivity index (χ0n) is 11.2. The van der Waals surface area contributed by atoms with Crippen LogP contribution in [0.4, 0.5) is 11.5 Å². The zero-order valence-corrected chi connectivity index (χ0v) is 11.2. The van der Waals surface area contributed by atoms with Gasteiger partial charge in [-0.15, -0.1) is 0 Å². The van der Waals surface area contributed by atoms with Crippen LogP contribution in [0.5, 0.6) is 0 Å². The molecule has 1 aliphatic rings. The number of nitrogen functional groups attached to an aromatic ring is 1. The summed E-state index contributed by atoms with van der Waals surface area (Å²) < 4.78 is 2.09. The summed E-state index contributed by atoms with van der Waals surface area (Å²) in [4.78, 5) is 2.42. The minimum atomic E-state index is 0.819. The molecule has 0 amide bonds. The quantitative estimate of drug-likeness (QED) is 0.873. The second-order valence-electron chi connectivity index (χ2n) is 5.05. The Morgan fingerprint density at radius 2 is 2.18 bits per heavy atom. The third kappa shape index (κ3) is 2.26. The molecule has 0 saturated carbocycles. The molecule has 1 unspecified atom stereocenters. The second-order valence-corrected chi connectivity index (χ2v) is 5.05. The Balaban J connectivity index is 2.24. The predicted octanol–water partition coefficient (Wildman–Crippen LogP) is 2.42. The first kappa shape index (κ1) is 12.3. The van der Waals surface area contributed by atoms with Gasteiger partial charge < -0.3 is 10.6 Å². The van der Waals surface area contributed by atoms with Crippen molar-refractivity contribution in [2.24, 2.45) is 5.92 Å². The minimum Gasteiger partial charge on any atom is -0.394 e. The first-order valence-corrected chi connectivity index (χ1v) is 6.75. The highest BCUT2D eigenvalue weighted by Gasteiger charge is 2.26. The Morgan fingerprint density at radius 1 is 1.41 bits per heavy atom. The Bertz CT molecular complexity index is 383.